The summed E-state index contributed by atoms with van der Waals surface area (Å²) < 4.78 is 4.92. The third-order valence-corrected chi connectivity index (χ3v) is 3.64. The van der Waals surface area contributed by atoms with Crippen LogP contribution >= 0.6 is 6.49 Å². The Balaban J connectivity index is 2.76. The summed E-state index contributed by atoms with van der Waals surface area (Å²) in [6, 6.07) is 8.82. The molecule has 1 unspecified atom stereocenters. The quantitative estimate of drug-likeness (QED) is 0.366. The van der Waals surface area contributed by atoms with Gasteiger partial charge in [0.25, 0.3) is 6.49 Å². The number of hydrogen-bond acceptors (Lipinski definition) is 4. The van der Waals surface area contributed by atoms with Gasteiger partial charge in [0, 0.05) is 5.30 Å². The van der Waals surface area contributed by atoms with Gasteiger partial charge in [-0.25, -0.2) is 0 Å². The Morgan fingerprint density at radius 2 is 2.07 bits per heavy atom. The molecule has 0 aliphatic rings. The maximum atomic E-state index is 9.77. The molecule has 4 nitrogen and oxygen atoms in total. The van der Waals surface area contributed by atoms with E-state index in [2.05, 4.69) is 9.99 Å². The highest BCUT2D eigenvalue weighted by Crippen LogP contribution is 2.39. The molecular formula is C8H10NO3PS. The van der Waals surface area contributed by atoms with E-state index in [-0.39, 0.29) is 0 Å². The Morgan fingerprint density at radius 1 is 1.43 bits per heavy atom. The lowest BCUT2D eigenvalue weighted by molar-refractivity contribution is 0.209. The van der Waals surface area contributed by atoms with Crippen molar-refractivity contribution in [3.8, 4) is 0 Å². The lowest BCUT2D eigenvalue weighted by Gasteiger charge is -2.12. The van der Waals surface area contributed by atoms with Gasteiger partial charge in [-0.15, -0.1) is 0 Å². The summed E-state index contributed by atoms with van der Waals surface area (Å²) in [4.78, 5) is 14.1. The molecule has 0 aliphatic carbocycles. The van der Waals surface area contributed by atoms with Crippen molar-refractivity contribution in [3.05, 3.63) is 30.3 Å². The predicted molar refractivity (Wildman–Crippen MR) is 59.2 cm³/mol. The van der Waals surface area contributed by atoms with E-state index in [0.717, 1.165) is 6.40 Å². The van der Waals surface area contributed by atoms with Crippen LogP contribution in [0.15, 0.2) is 35.5 Å². The van der Waals surface area contributed by atoms with Gasteiger partial charge in [0.05, 0.1) is 0 Å². The fraction of sp³-hybridized carbons (Fsp3) is 0.125. The molecule has 0 heterocycles. The van der Waals surface area contributed by atoms with Crippen molar-refractivity contribution in [2.75, 3.05) is 7.11 Å². The van der Waals surface area contributed by atoms with Gasteiger partial charge >= 0.3 is 0 Å². The molecular weight excluding hydrogens is 221 g/mol. The first-order valence-electron chi connectivity index (χ1n) is 3.78. The Kier molecular flexibility index (Phi) is 4.07. The molecule has 1 atom stereocenters. The minimum atomic E-state index is -2.97. The molecule has 1 aromatic rings. The maximum absolute atomic E-state index is 9.77. The second kappa shape index (κ2) is 5.10. The monoisotopic (exact) mass is 231 g/mol. The lowest BCUT2D eigenvalue weighted by atomic mass is 10.4. The van der Waals surface area contributed by atoms with Crippen LogP contribution < -0.4 is 5.30 Å². The predicted octanol–water partition coefficient (Wildman–Crippen LogP) is 1.22. The number of hydrogen-bond donors (Lipinski definition) is 1. The largest absolute Gasteiger partial charge is 0.426 e. The molecule has 0 saturated heterocycles. The molecule has 0 aliphatic heterocycles. The van der Waals surface area contributed by atoms with E-state index in [1.807, 2.05) is 6.07 Å². The van der Waals surface area contributed by atoms with E-state index >= 15 is 0 Å². The Labute approximate surface area is 87.3 Å². The zero-order valence-electron chi connectivity index (χ0n) is 7.53. The highest BCUT2D eigenvalue weighted by molar-refractivity contribution is 8.13. The van der Waals surface area contributed by atoms with E-state index in [0.29, 0.717) is 5.30 Å². The van der Waals surface area contributed by atoms with Gasteiger partial charge in [0.1, 0.15) is 7.11 Å². The number of oxime groups is 1. The molecule has 0 saturated carbocycles. The molecule has 0 radical (unpaired) electrons. The van der Waals surface area contributed by atoms with Crippen molar-refractivity contribution < 1.29 is 14.3 Å². The minimum absolute atomic E-state index is 0.581. The smallest absolute Gasteiger partial charge is 0.267 e. The van der Waals surface area contributed by atoms with Gasteiger partial charge in [-0.3, -0.25) is 0 Å². The van der Waals surface area contributed by atoms with Crippen molar-refractivity contribution in [1.82, 2.24) is 0 Å². The fourth-order valence-corrected chi connectivity index (χ4v) is 2.12. The van der Waals surface area contributed by atoms with Crippen LogP contribution in [0, 0.1) is 0 Å². The number of rotatable bonds is 4. The van der Waals surface area contributed by atoms with Crippen LogP contribution in [0.3, 0.4) is 0 Å². The SMILES string of the molecule is CON=COP(O)(=S)c1ccccc1. The Morgan fingerprint density at radius 3 is 2.64 bits per heavy atom. The van der Waals surface area contributed by atoms with Gasteiger partial charge in [-0.2, -0.15) is 0 Å². The highest BCUT2D eigenvalue weighted by Gasteiger charge is 2.15. The molecule has 1 rings (SSSR count). The average Bonchev–Trinajstić information content (AvgIpc) is 2.19. The van der Waals surface area contributed by atoms with Crippen LogP contribution in [0.1, 0.15) is 0 Å². The van der Waals surface area contributed by atoms with E-state index in [4.69, 9.17) is 16.3 Å². The third kappa shape index (κ3) is 3.10. The van der Waals surface area contributed by atoms with Crippen molar-refractivity contribution in [3.63, 3.8) is 0 Å². The summed E-state index contributed by atoms with van der Waals surface area (Å²) in [5.74, 6) is 0. The third-order valence-electron chi connectivity index (χ3n) is 1.42. The summed E-state index contributed by atoms with van der Waals surface area (Å²) in [6.45, 7) is -2.97. The lowest BCUT2D eigenvalue weighted by Crippen LogP contribution is -2.05. The van der Waals surface area contributed by atoms with Crippen molar-refractivity contribution in [1.29, 1.82) is 0 Å². The normalized spacial score (nSPS) is 15.0. The van der Waals surface area contributed by atoms with Gasteiger partial charge in [0.15, 0.2) is 0 Å². The molecule has 1 aromatic carbocycles. The highest BCUT2D eigenvalue weighted by atomic mass is 32.5. The second-order valence-corrected chi connectivity index (χ2v) is 5.61. The summed E-state index contributed by atoms with van der Waals surface area (Å²) in [6.07, 6.45) is 1.01. The van der Waals surface area contributed by atoms with Crippen LogP contribution in [-0.2, 0) is 21.2 Å². The molecule has 14 heavy (non-hydrogen) atoms. The van der Waals surface area contributed by atoms with E-state index in [9.17, 15) is 4.89 Å². The molecule has 1 N–H and O–H groups in total. The van der Waals surface area contributed by atoms with Crippen LogP contribution in [-0.4, -0.2) is 18.4 Å². The molecule has 0 bridgehead atoms. The first kappa shape index (κ1) is 11.2. The summed E-state index contributed by atoms with van der Waals surface area (Å²) in [7, 11) is 1.38. The summed E-state index contributed by atoms with van der Waals surface area (Å²) in [5.41, 5.74) is 0. The van der Waals surface area contributed by atoms with Crippen molar-refractivity contribution in [2.24, 2.45) is 5.16 Å². The first-order chi connectivity index (χ1) is 6.67. The topological polar surface area (TPSA) is 51.0 Å². The Bertz CT molecular complexity index is 355. The number of nitrogens with zero attached hydrogens (tertiary/aromatic N) is 1. The molecule has 0 fully saturated rings. The number of benzene rings is 1. The van der Waals surface area contributed by atoms with Crippen LogP contribution in [0.25, 0.3) is 0 Å². The minimum Gasteiger partial charge on any atom is -0.426 e. The molecule has 0 amide bonds. The van der Waals surface area contributed by atoms with Gasteiger partial charge < -0.3 is 14.3 Å². The zero-order chi connectivity index (χ0) is 10.4. The summed E-state index contributed by atoms with van der Waals surface area (Å²) >= 11 is 4.92. The fourth-order valence-electron chi connectivity index (χ4n) is 0.803. The molecule has 0 spiro atoms. The molecule has 76 valence electrons. The van der Waals surface area contributed by atoms with Gasteiger partial charge in [-0.1, -0.05) is 23.4 Å². The maximum Gasteiger partial charge on any atom is 0.267 e. The zero-order valence-corrected chi connectivity index (χ0v) is 9.24. The van der Waals surface area contributed by atoms with Crippen molar-refractivity contribution >= 4 is 30.0 Å². The molecule has 6 heteroatoms. The van der Waals surface area contributed by atoms with Gasteiger partial charge in [0.2, 0.25) is 6.40 Å². The standard InChI is InChI=1S/C8H10NO3PS/c1-11-9-7-12-13(10,14)8-5-3-2-4-6-8/h2-7H,1H3,(H,10,14). The van der Waals surface area contributed by atoms with E-state index < -0.39 is 6.49 Å². The second-order valence-electron chi connectivity index (χ2n) is 2.35. The van der Waals surface area contributed by atoms with Crippen LogP contribution in [0.4, 0.5) is 0 Å². The van der Waals surface area contributed by atoms with Gasteiger partial charge in [-0.05, 0) is 23.9 Å². The van der Waals surface area contributed by atoms with Crippen molar-refractivity contribution in [2.45, 2.75) is 0 Å². The van der Waals surface area contributed by atoms with E-state index in [1.165, 1.54) is 7.11 Å². The molecule has 0 aromatic heterocycles. The van der Waals surface area contributed by atoms with Crippen LogP contribution in [0.2, 0.25) is 0 Å². The van der Waals surface area contributed by atoms with E-state index in [1.54, 1.807) is 24.3 Å². The Hall–Kier alpha value is -0.900. The first-order valence-corrected chi connectivity index (χ1v) is 6.46. The summed E-state index contributed by atoms with van der Waals surface area (Å²) in [5, 5.41) is 3.92. The average molecular weight is 231 g/mol. The van der Waals surface area contributed by atoms with Crippen LogP contribution in [0.5, 0.6) is 0 Å².